The topological polar surface area (TPSA) is 61.8 Å². The molecule has 0 unspecified atom stereocenters. The van der Waals surface area contributed by atoms with E-state index in [2.05, 4.69) is 0 Å². The van der Waals surface area contributed by atoms with Gasteiger partial charge in [0.15, 0.2) is 23.9 Å². The molecule has 0 heterocycles. The zero-order valence-corrected chi connectivity index (χ0v) is 17.6. The number of ether oxygens (including phenoxy) is 3. The lowest BCUT2D eigenvalue weighted by atomic mass is 9.84. The van der Waals surface area contributed by atoms with Gasteiger partial charge in [-0.2, -0.15) is 0 Å². The Morgan fingerprint density at radius 2 is 1.63 bits per heavy atom. The van der Waals surface area contributed by atoms with E-state index in [4.69, 9.17) is 14.2 Å². The summed E-state index contributed by atoms with van der Waals surface area (Å²) in [5.41, 5.74) is 2.61. The van der Waals surface area contributed by atoms with Crippen LogP contribution in [0.5, 0.6) is 11.5 Å². The van der Waals surface area contributed by atoms with Crippen molar-refractivity contribution in [1.82, 2.24) is 0 Å². The predicted octanol–water partition coefficient (Wildman–Crippen LogP) is 5.19. The molecular formula is C25H28O5. The number of hydrogen-bond donors (Lipinski definition) is 0. The summed E-state index contributed by atoms with van der Waals surface area (Å²) < 4.78 is 15.5. The van der Waals surface area contributed by atoms with Crippen molar-refractivity contribution in [3.05, 3.63) is 65.2 Å². The van der Waals surface area contributed by atoms with Crippen LogP contribution in [0.2, 0.25) is 0 Å². The molecule has 5 nitrogen and oxygen atoms in total. The highest BCUT2D eigenvalue weighted by atomic mass is 16.5. The molecule has 2 aromatic rings. The summed E-state index contributed by atoms with van der Waals surface area (Å²) in [5.74, 6) is 0.995. The highest BCUT2D eigenvalue weighted by Gasteiger charge is 2.16. The highest BCUT2D eigenvalue weighted by molar-refractivity contribution is 5.98. The normalized spacial score (nSPS) is 14.5. The quantitative estimate of drug-likeness (QED) is 0.342. The van der Waals surface area contributed by atoms with Crippen LogP contribution in [0.1, 0.15) is 59.5 Å². The average molecular weight is 408 g/mol. The summed E-state index contributed by atoms with van der Waals surface area (Å²) >= 11 is 0. The molecule has 30 heavy (non-hydrogen) atoms. The zero-order valence-electron chi connectivity index (χ0n) is 17.6. The van der Waals surface area contributed by atoms with Crippen LogP contribution in [0.3, 0.4) is 0 Å². The van der Waals surface area contributed by atoms with E-state index in [1.54, 1.807) is 38.5 Å². The molecule has 0 aliphatic heterocycles. The van der Waals surface area contributed by atoms with E-state index >= 15 is 0 Å². The van der Waals surface area contributed by atoms with E-state index < -0.39 is 5.97 Å². The van der Waals surface area contributed by atoms with Gasteiger partial charge in [-0.25, -0.2) is 4.79 Å². The lowest BCUT2D eigenvalue weighted by Gasteiger charge is -2.22. The second-order valence-corrected chi connectivity index (χ2v) is 7.44. The molecule has 1 aliphatic rings. The molecule has 1 fully saturated rings. The van der Waals surface area contributed by atoms with Crippen molar-refractivity contribution in [2.45, 2.75) is 38.0 Å². The van der Waals surface area contributed by atoms with E-state index in [1.165, 1.54) is 43.7 Å². The van der Waals surface area contributed by atoms with E-state index in [0.29, 0.717) is 23.0 Å². The summed E-state index contributed by atoms with van der Waals surface area (Å²) in [6.45, 7) is -0.280. The van der Waals surface area contributed by atoms with Gasteiger partial charge < -0.3 is 14.2 Å². The Morgan fingerprint density at radius 1 is 0.933 bits per heavy atom. The number of benzene rings is 2. The smallest absolute Gasteiger partial charge is 0.331 e. The maximum atomic E-state index is 12.3. The molecule has 158 valence electrons. The van der Waals surface area contributed by atoms with Crippen molar-refractivity contribution >= 4 is 17.8 Å². The van der Waals surface area contributed by atoms with E-state index in [0.717, 1.165) is 5.56 Å². The Balaban J connectivity index is 1.51. The van der Waals surface area contributed by atoms with Crippen molar-refractivity contribution in [2.24, 2.45) is 0 Å². The Labute approximate surface area is 177 Å². The van der Waals surface area contributed by atoms with Crippen LogP contribution >= 0.6 is 0 Å². The molecule has 5 heteroatoms. The molecule has 0 bridgehead atoms. The van der Waals surface area contributed by atoms with Gasteiger partial charge in [0.05, 0.1) is 14.2 Å². The number of ketones is 1. The molecule has 1 aliphatic carbocycles. The monoisotopic (exact) mass is 408 g/mol. The maximum Gasteiger partial charge on any atom is 0.331 e. The van der Waals surface area contributed by atoms with Crippen LogP contribution in [0.25, 0.3) is 6.08 Å². The first-order valence-corrected chi connectivity index (χ1v) is 10.3. The Kier molecular flexibility index (Phi) is 7.66. The molecule has 0 N–H and O–H groups in total. The Bertz CT molecular complexity index is 892. The number of methoxy groups -OCH3 is 2. The third-order valence-electron chi connectivity index (χ3n) is 5.47. The largest absolute Gasteiger partial charge is 0.493 e. The Hall–Kier alpha value is -3.08. The van der Waals surface area contributed by atoms with E-state index in [1.807, 2.05) is 24.3 Å². The second kappa shape index (κ2) is 10.6. The van der Waals surface area contributed by atoms with Crippen LogP contribution in [0, 0.1) is 0 Å². The first kappa shape index (κ1) is 21.6. The van der Waals surface area contributed by atoms with E-state index in [9.17, 15) is 9.59 Å². The summed E-state index contributed by atoms with van der Waals surface area (Å²) in [7, 11) is 3.11. The van der Waals surface area contributed by atoms with Crippen molar-refractivity contribution < 1.29 is 23.8 Å². The standard InChI is InChI=1S/C25H28O5/c1-28-23-14-8-18(16-24(23)29-2)9-15-25(27)30-17-22(26)21-12-10-20(11-13-21)19-6-4-3-5-7-19/h8-16,19H,3-7,17H2,1-2H3/b15-9+. The SMILES string of the molecule is COc1ccc(/C=C/C(=O)OCC(=O)c2ccc(C3CCCCC3)cc2)cc1OC. The fourth-order valence-corrected chi connectivity index (χ4v) is 3.77. The number of carbonyl (C=O) groups is 2. The molecule has 0 radical (unpaired) electrons. The molecule has 0 amide bonds. The fourth-order valence-electron chi connectivity index (χ4n) is 3.77. The summed E-state index contributed by atoms with van der Waals surface area (Å²) in [5, 5.41) is 0. The zero-order chi connectivity index (χ0) is 21.3. The summed E-state index contributed by atoms with van der Waals surface area (Å²) in [4.78, 5) is 24.3. The van der Waals surface area contributed by atoms with Crippen LogP contribution in [-0.2, 0) is 9.53 Å². The number of rotatable bonds is 8. The lowest BCUT2D eigenvalue weighted by Crippen LogP contribution is -2.13. The van der Waals surface area contributed by atoms with Crippen molar-refractivity contribution in [2.75, 3.05) is 20.8 Å². The van der Waals surface area contributed by atoms with Crippen LogP contribution in [-0.4, -0.2) is 32.6 Å². The Morgan fingerprint density at radius 3 is 2.30 bits per heavy atom. The van der Waals surface area contributed by atoms with Crippen LogP contribution in [0.15, 0.2) is 48.5 Å². The lowest BCUT2D eigenvalue weighted by molar-refractivity contribution is -0.136. The van der Waals surface area contributed by atoms with E-state index in [-0.39, 0.29) is 12.4 Å². The van der Waals surface area contributed by atoms with Crippen molar-refractivity contribution in [3.8, 4) is 11.5 Å². The van der Waals surface area contributed by atoms with Crippen LogP contribution < -0.4 is 9.47 Å². The fraction of sp³-hybridized carbons (Fsp3) is 0.360. The minimum absolute atomic E-state index is 0.210. The van der Waals surface area contributed by atoms with Gasteiger partial charge in [-0.3, -0.25) is 4.79 Å². The first-order chi connectivity index (χ1) is 14.6. The number of Topliss-reactive ketones (excluding diaryl/α,β-unsaturated/α-hetero) is 1. The molecule has 1 saturated carbocycles. The molecular weight excluding hydrogens is 380 g/mol. The minimum Gasteiger partial charge on any atom is -0.493 e. The highest BCUT2D eigenvalue weighted by Crippen LogP contribution is 2.32. The van der Waals surface area contributed by atoms with Gasteiger partial charge in [0.1, 0.15) is 0 Å². The van der Waals surface area contributed by atoms with Crippen molar-refractivity contribution in [1.29, 1.82) is 0 Å². The summed E-state index contributed by atoms with van der Waals surface area (Å²) in [6, 6.07) is 13.0. The number of hydrogen-bond acceptors (Lipinski definition) is 5. The maximum absolute atomic E-state index is 12.3. The molecule has 3 rings (SSSR count). The van der Waals surface area contributed by atoms with Gasteiger partial charge >= 0.3 is 5.97 Å². The van der Waals surface area contributed by atoms with Gasteiger partial charge in [-0.1, -0.05) is 49.6 Å². The summed E-state index contributed by atoms with van der Waals surface area (Å²) in [6.07, 6.45) is 9.21. The number of carbonyl (C=O) groups excluding carboxylic acids is 2. The molecule has 0 saturated heterocycles. The van der Waals surface area contributed by atoms with Gasteiger partial charge in [-0.05, 0) is 48.1 Å². The second-order valence-electron chi connectivity index (χ2n) is 7.44. The minimum atomic E-state index is -0.572. The molecule has 2 aromatic carbocycles. The van der Waals surface area contributed by atoms with Gasteiger partial charge in [-0.15, -0.1) is 0 Å². The third-order valence-corrected chi connectivity index (χ3v) is 5.47. The van der Waals surface area contributed by atoms with Gasteiger partial charge in [0.2, 0.25) is 0 Å². The van der Waals surface area contributed by atoms with Crippen molar-refractivity contribution in [3.63, 3.8) is 0 Å². The first-order valence-electron chi connectivity index (χ1n) is 10.3. The van der Waals surface area contributed by atoms with Crippen LogP contribution in [0.4, 0.5) is 0 Å². The third kappa shape index (κ3) is 5.72. The molecule has 0 spiro atoms. The van der Waals surface area contributed by atoms with Gasteiger partial charge in [0, 0.05) is 11.6 Å². The predicted molar refractivity (Wildman–Crippen MR) is 116 cm³/mol. The molecule has 0 atom stereocenters. The average Bonchev–Trinajstić information content (AvgIpc) is 2.81. The number of esters is 1. The van der Waals surface area contributed by atoms with Gasteiger partial charge in [0.25, 0.3) is 0 Å². The molecule has 0 aromatic heterocycles.